The van der Waals surface area contributed by atoms with Gasteiger partial charge in [-0.1, -0.05) is 6.92 Å². The Labute approximate surface area is 128 Å². The average molecular weight is 290 g/mol. The summed E-state index contributed by atoms with van der Waals surface area (Å²) < 4.78 is 0. The molecule has 1 aliphatic heterocycles. The second kappa shape index (κ2) is 5.26. The Morgan fingerprint density at radius 1 is 1.10 bits per heavy atom. The molecule has 0 aromatic heterocycles. The molecule has 3 heteroatoms. The highest BCUT2D eigenvalue weighted by Crippen LogP contribution is 2.61. The van der Waals surface area contributed by atoms with Gasteiger partial charge >= 0.3 is 0 Å². The third-order valence-electron chi connectivity index (χ3n) is 6.68. The van der Waals surface area contributed by atoms with Crippen LogP contribution in [-0.2, 0) is 4.79 Å². The van der Waals surface area contributed by atoms with Gasteiger partial charge in [-0.25, -0.2) is 0 Å². The van der Waals surface area contributed by atoms with Gasteiger partial charge in [0.05, 0.1) is 6.04 Å². The SMILES string of the molecule is CCCN(C(=O)CC12CC3CC(CC(C3)C1)C2)C1CNC1. The van der Waals surface area contributed by atoms with E-state index >= 15 is 0 Å². The topological polar surface area (TPSA) is 32.3 Å². The van der Waals surface area contributed by atoms with Crippen LogP contribution in [0.3, 0.4) is 0 Å². The van der Waals surface area contributed by atoms with Gasteiger partial charge in [-0.15, -0.1) is 0 Å². The standard InChI is InChI=1S/C18H30N2O/c1-2-3-20(16-11-19-12-16)17(21)10-18-7-13-4-14(8-18)6-15(5-13)9-18/h13-16,19H,2-12H2,1H3. The van der Waals surface area contributed by atoms with Crippen molar-refractivity contribution in [3.8, 4) is 0 Å². The van der Waals surface area contributed by atoms with Crippen LogP contribution in [0.4, 0.5) is 0 Å². The summed E-state index contributed by atoms with van der Waals surface area (Å²) in [6, 6.07) is 0.478. The largest absolute Gasteiger partial charge is 0.337 e. The molecule has 0 atom stereocenters. The van der Waals surface area contributed by atoms with Crippen molar-refractivity contribution in [3.05, 3.63) is 0 Å². The normalized spacial score (nSPS) is 41.1. The monoisotopic (exact) mass is 290 g/mol. The number of amides is 1. The van der Waals surface area contributed by atoms with Gasteiger partial charge in [0.1, 0.15) is 0 Å². The first kappa shape index (κ1) is 14.0. The van der Waals surface area contributed by atoms with Gasteiger partial charge < -0.3 is 10.2 Å². The number of hydrogen-bond donors (Lipinski definition) is 1. The zero-order valence-electron chi connectivity index (χ0n) is 13.4. The fraction of sp³-hybridized carbons (Fsp3) is 0.944. The number of carbonyl (C=O) groups is 1. The maximum absolute atomic E-state index is 13.0. The molecule has 5 aliphatic rings. The van der Waals surface area contributed by atoms with Crippen molar-refractivity contribution in [2.45, 2.75) is 64.3 Å². The molecule has 21 heavy (non-hydrogen) atoms. The molecule has 4 aliphatic carbocycles. The van der Waals surface area contributed by atoms with Gasteiger partial charge in [-0.05, 0) is 68.1 Å². The minimum absolute atomic E-state index is 0.398. The lowest BCUT2D eigenvalue weighted by Gasteiger charge is -2.57. The van der Waals surface area contributed by atoms with Crippen LogP contribution in [0.15, 0.2) is 0 Å². The van der Waals surface area contributed by atoms with Gasteiger partial charge in [-0.3, -0.25) is 4.79 Å². The van der Waals surface area contributed by atoms with E-state index in [0.717, 1.165) is 50.2 Å². The molecule has 1 amide bonds. The molecule has 4 bridgehead atoms. The smallest absolute Gasteiger partial charge is 0.223 e. The Morgan fingerprint density at radius 2 is 1.67 bits per heavy atom. The van der Waals surface area contributed by atoms with Crippen LogP contribution in [0, 0.1) is 23.2 Å². The predicted octanol–water partition coefficient (Wildman–Crippen LogP) is 2.80. The maximum atomic E-state index is 13.0. The summed E-state index contributed by atoms with van der Waals surface area (Å²) in [4.78, 5) is 15.2. The summed E-state index contributed by atoms with van der Waals surface area (Å²) in [6.07, 6.45) is 10.4. The van der Waals surface area contributed by atoms with E-state index in [0.29, 0.717) is 17.4 Å². The summed E-state index contributed by atoms with van der Waals surface area (Å²) in [5.74, 6) is 3.32. The second-order valence-corrected chi connectivity index (χ2v) is 8.49. The van der Waals surface area contributed by atoms with Crippen LogP contribution in [0.1, 0.15) is 58.3 Å². The van der Waals surface area contributed by atoms with Crippen LogP contribution in [0.2, 0.25) is 0 Å². The van der Waals surface area contributed by atoms with E-state index in [1.807, 2.05) is 0 Å². The molecule has 118 valence electrons. The molecule has 1 saturated heterocycles. The van der Waals surface area contributed by atoms with E-state index in [1.165, 1.54) is 38.5 Å². The average Bonchev–Trinajstić information content (AvgIpc) is 2.33. The first-order valence-electron chi connectivity index (χ1n) is 9.17. The highest BCUT2D eigenvalue weighted by molar-refractivity contribution is 5.77. The molecule has 5 rings (SSSR count). The van der Waals surface area contributed by atoms with Crippen LogP contribution < -0.4 is 5.32 Å². The molecule has 1 N–H and O–H groups in total. The molecule has 4 saturated carbocycles. The predicted molar refractivity (Wildman–Crippen MR) is 83.9 cm³/mol. The van der Waals surface area contributed by atoms with Crippen LogP contribution >= 0.6 is 0 Å². The van der Waals surface area contributed by atoms with Gasteiger partial charge in [0.2, 0.25) is 5.91 Å². The lowest BCUT2D eigenvalue weighted by atomic mass is 9.49. The highest BCUT2D eigenvalue weighted by atomic mass is 16.2. The minimum atomic E-state index is 0.398. The van der Waals surface area contributed by atoms with E-state index in [2.05, 4.69) is 17.1 Å². The Hall–Kier alpha value is -0.570. The first-order chi connectivity index (χ1) is 10.2. The van der Waals surface area contributed by atoms with E-state index in [4.69, 9.17) is 0 Å². The fourth-order valence-corrected chi connectivity index (χ4v) is 6.17. The van der Waals surface area contributed by atoms with Crippen molar-refractivity contribution in [2.24, 2.45) is 23.2 Å². The lowest BCUT2D eigenvalue weighted by Crippen LogP contribution is -2.60. The van der Waals surface area contributed by atoms with E-state index < -0.39 is 0 Å². The quantitative estimate of drug-likeness (QED) is 0.844. The van der Waals surface area contributed by atoms with Crippen molar-refractivity contribution >= 4 is 5.91 Å². The molecule has 0 aromatic rings. The van der Waals surface area contributed by atoms with Crippen LogP contribution in [-0.4, -0.2) is 36.5 Å². The summed E-state index contributed by atoms with van der Waals surface area (Å²) >= 11 is 0. The number of nitrogens with one attached hydrogen (secondary N) is 1. The van der Waals surface area contributed by atoms with Gasteiger partial charge in [0.15, 0.2) is 0 Å². The highest BCUT2D eigenvalue weighted by Gasteiger charge is 2.52. The molecule has 3 nitrogen and oxygen atoms in total. The van der Waals surface area contributed by atoms with Crippen molar-refractivity contribution in [1.29, 1.82) is 0 Å². The summed E-state index contributed by atoms with van der Waals surface area (Å²) in [5, 5.41) is 3.32. The lowest BCUT2D eigenvalue weighted by molar-refractivity contribution is -0.142. The molecule has 0 aromatic carbocycles. The molecular weight excluding hydrogens is 260 g/mol. The van der Waals surface area contributed by atoms with Gasteiger partial charge in [0.25, 0.3) is 0 Å². The van der Waals surface area contributed by atoms with E-state index in [9.17, 15) is 4.79 Å². The number of carbonyl (C=O) groups excluding carboxylic acids is 1. The van der Waals surface area contributed by atoms with Crippen molar-refractivity contribution in [2.75, 3.05) is 19.6 Å². The second-order valence-electron chi connectivity index (χ2n) is 8.49. The Bertz CT molecular complexity index is 380. The molecular formula is C18H30N2O. The molecule has 0 radical (unpaired) electrons. The maximum Gasteiger partial charge on any atom is 0.223 e. The van der Waals surface area contributed by atoms with E-state index in [-0.39, 0.29) is 0 Å². The zero-order valence-corrected chi connectivity index (χ0v) is 13.4. The number of rotatable bonds is 5. The summed E-state index contributed by atoms with van der Waals surface area (Å²) in [6.45, 7) is 5.16. The third kappa shape index (κ3) is 2.52. The Balaban J connectivity index is 1.45. The van der Waals surface area contributed by atoms with Crippen molar-refractivity contribution in [3.63, 3.8) is 0 Å². The molecule has 0 spiro atoms. The summed E-state index contributed by atoms with van der Waals surface area (Å²) in [5.41, 5.74) is 0.398. The van der Waals surface area contributed by atoms with Gasteiger partial charge in [-0.2, -0.15) is 0 Å². The van der Waals surface area contributed by atoms with Crippen molar-refractivity contribution in [1.82, 2.24) is 10.2 Å². The van der Waals surface area contributed by atoms with E-state index in [1.54, 1.807) is 0 Å². The summed E-state index contributed by atoms with van der Waals surface area (Å²) in [7, 11) is 0. The third-order valence-corrected chi connectivity index (χ3v) is 6.68. The van der Waals surface area contributed by atoms with Crippen LogP contribution in [0.5, 0.6) is 0 Å². The molecule has 1 heterocycles. The van der Waals surface area contributed by atoms with Crippen molar-refractivity contribution < 1.29 is 4.79 Å². The number of hydrogen-bond acceptors (Lipinski definition) is 2. The Kier molecular flexibility index (Phi) is 3.52. The zero-order chi connectivity index (χ0) is 14.4. The minimum Gasteiger partial charge on any atom is -0.337 e. The fourth-order valence-electron chi connectivity index (χ4n) is 6.17. The molecule has 0 unspecified atom stereocenters. The Morgan fingerprint density at radius 3 is 2.10 bits per heavy atom. The van der Waals surface area contributed by atoms with Gasteiger partial charge in [0, 0.05) is 26.1 Å². The first-order valence-corrected chi connectivity index (χ1v) is 9.17. The molecule has 5 fully saturated rings. The number of nitrogens with zero attached hydrogens (tertiary/aromatic N) is 1. The van der Waals surface area contributed by atoms with Crippen LogP contribution in [0.25, 0.3) is 0 Å².